The van der Waals surface area contributed by atoms with E-state index in [1.807, 2.05) is 78.9 Å². The van der Waals surface area contributed by atoms with Crippen LogP contribution in [-0.4, -0.2) is 10.1 Å². The lowest BCUT2D eigenvalue weighted by atomic mass is 10.0. The summed E-state index contributed by atoms with van der Waals surface area (Å²) in [5.41, 5.74) is 4.87. The molecule has 0 aliphatic heterocycles. The van der Waals surface area contributed by atoms with Crippen LogP contribution in [0.3, 0.4) is 0 Å². The smallest absolute Gasteiger partial charge is 0.130 e. The maximum Gasteiger partial charge on any atom is 0.130 e. The molecule has 0 saturated heterocycles. The van der Waals surface area contributed by atoms with Gasteiger partial charge in [-0.1, -0.05) is 72.3 Å². The largest absolute Gasteiger partial charge is 0.487 e. The summed E-state index contributed by atoms with van der Waals surface area (Å²) in [5, 5.41) is 11.2. The molecule has 0 aliphatic rings. The molecule has 0 amide bonds. The van der Waals surface area contributed by atoms with Crippen molar-refractivity contribution in [1.82, 2.24) is 4.98 Å². The van der Waals surface area contributed by atoms with E-state index in [1.165, 1.54) is 0 Å². The fraction of sp³-hybridized carbons (Fsp3) is 0.115. The molecule has 0 fully saturated rings. The third-order valence-electron chi connectivity index (χ3n) is 4.89. The maximum atomic E-state index is 9.44. The summed E-state index contributed by atoms with van der Waals surface area (Å²) < 4.78 is 5.95. The number of aliphatic hydroxyl groups is 1. The number of aromatic nitrogens is 1. The number of rotatable bonds is 7. The minimum atomic E-state index is 0.0579. The lowest BCUT2D eigenvalue weighted by Gasteiger charge is -2.08. The van der Waals surface area contributed by atoms with Gasteiger partial charge in [-0.05, 0) is 53.4 Å². The predicted octanol–water partition coefficient (Wildman–Crippen LogP) is 6.22. The van der Waals surface area contributed by atoms with Crippen molar-refractivity contribution in [3.05, 3.63) is 112 Å². The average Bonchev–Trinajstić information content (AvgIpc) is 2.78. The molecule has 0 spiro atoms. The van der Waals surface area contributed by atoms with Gasteiger partial charge in [0.2, 0.25) is 0 Å². The molecule has 3 aromatic carbocycles. The van der Waals surface area contributed by atoms with Gasteiger partial charge < -0.3 is 9.84 Å². The van der Waals surface area contributed by atoms with Gasteiger partial charge in [-0.3, -0.25) is 0 Å². The van der Waals surface area contributed by atoms with Gasteiger partial charge in [-0.15, -0.1) is 0 Å². The summed E-state index contributed by atoms with van der Waals surface area (Å²) in [6.07, 6.45) is 4.94. The highest BCUT2D eigenvalue weighted by Gasteiger charge is 2.02. The van der Waals surface area contributed by atoms with Crippen LogP contribution in [0.15, 0.2) is 84.9 Å². The first-order valence-electron chi connectivity index (χ1n) is 9.83. The Hall–Kier alpha value is -3.14. The fourth-order valence-electron chi connectivity index (χ4n) is 3.31. The zero-order valence-corrected chi connectivity index (χ0v) is 17.2. The Kier molecular flexibility index (Phi) is 6.43. The van der Waals surface area contributed by atoms with E-state index in [0.29, 0.717) is 11.6 Å². The van der Waals surface area contributed by atoms with Crippen molar-refractivity contribution in [2.45, 2.75) is 19.6 Å². The standard InChI is InChI=1S/C26H22ClNO2/c27-23-13-11-21-12-14-24(28-26(21)16-23)18-30-25-10-4-6-19(15-25)5-3-9-20-7-1-2-8-22(20)17-29/h1-8,10-16,29H,9,17-18H2/b5-3+. The second-order valence-corrected chi connectivity index (χ2v) is 7.47. The minimum Gasteiger partial charge on any atom is -0.487 e. The van der Waals surface area contributed by atoms with Crippen LogP contribution >= 0.6 is 11.6 Å². The summed E-state index contributed by atoms with van der Waals surface area (Å²) in [6, 6.07) is 25.6. The molecule has 1 aromatic heterocycles. The zero-order valence-electron chi connectivity index (χ0n) is 16.5. The molecule has 4 heteroatoms. The molecule has 1 heterocycles. The molecule has 0 bridgehead atoms. The number of aliphatic hydroxyl groups excluding tert-OH is 1. The van der Waals surface area contributed by atoms with Gasteiger partial charge in [0.05, 0.1) is 17.8 Å². The van der Waals surface area contributed by atoms with Gasteiger partial charge in [0.15, 0.2) is 0 Å². The van der Waals surface area contributed by atoms with Crippen molar-refractivity contribution in [2.24, 2.45) is 0 Å². The number of ether oxygens (including phenoxy) is 1. The number of benzene rings is 3. The third-order valence-corrected chi connectivity index (χ3v) is 5.13. The molecular weight excluding hydrogens is 394 g/mol. The number of allylic oxidation sites excluding steroid dienone is 1. The lowest BCUT2D eigenvalue weighted by Crippen LogP contribution is -1.98. The van der Waals surface area contributed by atoms with E-state index in [-0.39, 0.29) is 6.61 Å². The minimum absolute atomic E-state index is 0.0579. The summed E-state index contributed by atoms with van der Waals surface area (Å²) >= 11 is 6.07. The highest BCUT2D eigenvalue weighted by Crippen LogP contribution is 2.20. The van der Waals surface area contributed by atoms with Gasteiger partial charge in [0, 0.05) is 10.4 Å². The van der Waals surface area contributed by atoms with Gasteiger partial charge in [-0.25, -0.2) is 4.98 Å². The van der Waals surface area contributed by atoms with Crippen molar-refractivity contribution in [2.75, 3.05) is 0 Å². The Morgan fingerprint density at radius 1 is 0.900 bits per heavy atom. The molecular formula is C26H22ClNO2. The van der Waals surface area contributed by atoms with E-state index in [2.05, 4.69) is 17.1 Å². The molecule has 0 saturated carbocycles. The summed E-state index contributed by atoms with van der Waals surface area (Å²) in [6.45, 7) is 0.446. The Labute approximate surface area is 181 Å². The van der Waals surface area contributed by atoms with Crippen molar-refractivity contribution in [3.63, 3.8) is 0 Å². The lowest BCUT2D eigenvalue weighted by molar-refractivity contribution is 0.281. The second kappa shape index (κ2) is 9.57. The number of nitrogens with zero attached hydrogens (tertiary/aromatic N) is 1. The highest BCUT2D eigenvalue weighted by molar-refractivity contribution is 6.31. The van der Waals surface area contributed by atoms with E-state index >= 15 is 0 Å². The first-order chi connectivity index (χ1) is 14.7. The van der Waals surface area contributed by atoms with Gasteiger partial charge in [0.1, 0.15) is 12.4 Å². The molecule has 3 nitrogen and oxygen atoms in total. The quantitative estimate of drug-likeness (QED) is 0.390. The Morgan fingerprint density at radius 3 is 2.60 bits per heavy atom. The van der Waals surface area contributed by atoms with E-state index in [1.54, 1.807) is 0 Å². The van der Waals surface area contributed by atoms with Crippen molar-refractivity contribution >= 4 is 28.6 Å². The van der Waals surface area contributed by atoms with Crippen LogP contribution in [0.5, 0.6) is 5.75 Å². The summed E-state index contributed by atoms with van der Waals surface area (Å²) in [7, 11) is 0. The van der Waals surface area contributed by atoms with E-state index in [9.17, 15) is 5.11 Å². The zero-order chi connectivity index (χ0) is 20.8. The van der Waals surface area contributed by atoms with Crippen LogP contribution in [0.1, 0.15) is 22.4 Å². The molecule has 4 aromatic rings. The van der Waals surface area contributed by atoms with Crippen LogP contribution in [0, 0.1) is 0 Å². The predicted molar refractivity (Wildman–Crippen MR) is 123 cm³/mol. The summed E-state index contributed by atoms with van der Waals surface area (Å²) in [4.78, 5) is 4.63. The first kappa shape index (κ1) is 20.1. The number of hydrogen-bond acceptors (Lipinski definition) is 3. The van der Waals surface area contributed by atoms with Crippen LogP contribution < -0.4 is 4.74 Å². The molecule has 4 rings (SSSR count). The topological polar surface area (TPSA) is 42.4 Å². The van der Waals surface area contributed by atoms with Crippen molar-refractivity contribution < 1.29 is 9.84 Å². The Balaban J connectivity index is 1.41. The van der Waals surface area contributed by atoms with Gasteiger partial charge in [-0.2, -0.15) is 0 Å². The first-order valence-corrected chi connectivity index (χ1v) is 10.2. The molecule has 30 heavy (non-hydrogen) atoms. The molecule has 0 aliphatic carbocycles. The van der Waals surface area contributed by atoms with Crippen molar-refractivity contribution in [3.8, 4) is 5.75 Å². The van der Waals surface area contributed by atoms with Crippen LogP contribution in [0.4, 0.5) is 0 Å². The monoisotopic (exact) mass is 415 g/mol. The Morgan fingerprint density at radius 2 is 1.73 bits per heavy atom. The fourth-order valence-corrected chi connectivity index (χ4v) is 3.48. The number of fused-ring (bicyclic) bond motifs is 1. The Bertz CT molecular complexity index is 1190. The van der Waals surface area contributed by atoms with Crippen LogP contribution in [0.25, 0.3) is 17.0 Å². The molecule has 1 N–H and O–H groups in total. The second-order valence-electron chi connectivity index (χ2n) is 7.03. The van der Waals surface area contributed by atoms with Crippen molar-refractivity contribution in [1.29, 1.82) is 0 Å². The van der Waals surface area contributed by atoms with E-state index < -0.39 is 0 Å². The van der Waals surface area contributed by atoms with Crippen LogP contribution in [-0.2, 0) is 19.6 Å². The van der Waals surface area contributed by atoms with Gasteiger partial charge in [0.25, 0.3) is 0 Å². The number of halogens is 1. The number of pyridine rings is 1. The van der Waals surface area contributed by atoms with Crippen LogP contribution in [0.2, 0.25) is 5.02 Å². The molecule has 0 unspecified atom stereocenters. The number of hydrogen-bond donors (Lipinski definition) is 1. The van der Waals surface area contributed by atoms with E-state index in [4.69, 9.17) is 16.3 Å². The van der Waals surface area contributed by atoms with E-state index in [0.717, 1.165) is 45.5 Å². The molecule has 0 radical (unpaired) electrons. The maximum absolute atomic E-state index is 9.44. The highest BCUT2D eigenvalue weighted by atomic mass is 35.5. The third kappa shape index (κ3) is 5.07. The average molecular weight is 416 g/mol. The normalized spacial score (nSPS) is 11.3. The van der Waals surface area contributed by atoms with Gasteiger partial charge >= 0.3 is 0 Å². The molecule has 0 atom stereocenters. The molecule has 150 valence electrons. The summed E-state index contributed by atoms with van der Waals surface area (Å²) in [5.74, 6) is 0.792. The SMILES string of the molecule is OCc1ccccc1C/C=C/c1cccc(OCc2ccc3ccc(Cl)cc3n2)c1.